The zero-order valence-corrected chi connectivity index (χ0v) is 12.9. The number of aliphatic imine (C=N–C) groups is 1. The fourth-order valence-corrected chi connectivity index (χ4v) is 2.56. The van der Waals surface area contributed by atoms with Gasteiger partial charge in [0.05, 0.1) is 31.9 Å². The van der Waals surface area contributed by atoms with Crippen LogP contribution in [0.5, 0.6) is 0 Å². The maximum atomic E-state index is 5.86. The molecule has 118 valence electrons. The minimum atomic E-state index is 0.0231. The first-order chi connectivity index (χ1) is 10.8. The fourth-order valence-electron chi connectivity index (χ4n) is 2.56. The average Bonchev–Trinajstić information content (AvgIpc) is 3.20. The third-order valence-electron chi connectivity index (χ3n) is 3.71. The van der Waals surface area contributed by atoms with Crippen molar-refractivity contribution in [3.8, 4) is 0 Å². The minimum absolute atomic E-state index is 0.0231. The van der Waals surface area contributed by atoms with Crippen molar-refractivity contribution >= 4 is 5.96 Å². The first kappa shape index (κ1) is 14.6. The summed E-state index contributed by atoms with van der Waals surface area (Å²) in [5, 5.41) is 7.57. The molecule has 0 radical (unpaired) electrons. The maximum Gasteiger partial charge on any atom is 0.194 e. The Labute approximate surface area is 129 Å². The lowest BCUT2D eigenvalue weighted by Gasteiger charge is -2.34. The van der Waals surface area contributed by atoms with Crippen molar-refractivity contribution in [2.75, 3.05) is 26.7 Å². The highest BCUT2D eigenvalue weighted by Crippen LogP contribution is 2.21. The lowest BCUT2D eigenvalue weighted by Crippen LogP contribution is -2.47. The molecule has 22 heavy (non-hydrogen) atoms. The van der Waals surface area contributed by atoms with Gasteiger partial charge in [0.2, 0.25) is 0 Å². The van der Waals surface area contributed by atoms with Crippen LogP contribution in [-0.4, -0.2) is 47.4 Å². The number of guanidine groups is 1. The highest BCUT2D eigenvalue weighted by atomic mass is 16.5. The predicted molar refractivity (Wildman–Crippen MR) is 82.4 cm³/mol. The van der Waals surface area contributed by atoms with Crippen LogP contribution in [0.25, 0.3) is 0 Å². The summed E-state index contributed by atoms with van der Waals surface area (Å²) < 4.78 is 12.7. The summed E-state index contributed by atoms with van der Waals surface area (Å²) in [5.41, 5.74) is 2.19. The molecule has 0 aliphatic carbocycles. The first-order valence-corrected chi connectivity index (χ1v) is 7.33. The average molecular weight is 303 g/mol. The molecule has 2 aromatic rings. The van der Waals surface area contributed by atoms with Crippen LogP contribution in [0, 0.1) is 0 Å². The van der Waals surface area contributed by atoms with Gasteiger partial charge < -0.3 is 19.4 Å². The summed E-state index contributed by atoms with van der Waals surface area (Å²) in [7, 11) is 3.71. The van der Waals surface area contributed by atoms with E-state index in [2.05, 4.69) is 20.3 Å². The van der Waals surface area contributed by atoms with Gasteiger partial charge in [-0.2, -0.15) is 5.10 Å². The zero-order chi connectivity index (χ0) is 15.4. The highest BCUT2D eigenvalue weighted by molar-refractivity contribution is 5.80. The van der Waals surface area contributed by atoms with Crippen molar-refractivity contribution < 1.29 is 9.15 Å². The Kier molecular flexibility index (Phi) is 4.43. The number of hydrogen-bond donors (Lipinski definition) is 1. The quantitative estimate of drug-likeness (QED) is 0.681. The molecule has 2 aromatic heterocycles. The van der Waals surface area contributed by atoms with Gasteiger partial charge in [0, 0.05) is 44.5 Å². The number of hydrogen-bond acceptors (Lipinski definition) is 4. The van der Waals surface area contributed by atoms with Crippen molar-refractivity contribution in [3.63, 3.8) is 0 Å². The summed E-state index contributed by atoms with van der Waals surface area (Å²) in [5.74, 6) is 0.874. The van der Waals surface area contributed by atoms with Crippen LogP contribution in [0.2, 0.25) is 0 Å². The zero-order valence-electron chi connectivity index (χ0n) is 12.9. The molecule has 3 rings (SSSR count). The summed E-state index contributed by atoms with van der Waals surface area (Å²) >= 11 is 0. The first-order valence-electron chi connectivity index (χ1n) is 7.33. The van der Waals surface area contributed by atoms with Crippen molar-refractivity contribution in [1.29, 1.82) is 0 Å². The number of nitrogens with zero attached hydrogens (tertiary/aromatic N) is 4. The molecule has 7 nitrogen and oxygen atoms in total. The number of rotatable bonds is 3. The molecule has 0 saturated carbocycles. The predicted octanol–water partition coefficient (Wildman–Crippen LogP) is 1.16. The third kappa shape index (κ3) is 3.30. The summed E-state index contributed by atoms with van der Waals surface area (Å²) in [4.78, 5) is 6.58. The highest BCUT2D eigenvalue weighted by Gasteiger charge is 2.25. The SMILES string of the molecule is CN=C(NCc1ccoc1)N1CCOC(c2cnn(C)c2)C1. The molecule has 3 heterocycles. The van der Waals surface area contributed by atoms with Gasteiger partial charge in [-0.1, -0.05) is 0 Å². The second-order valence-electron chi connectivity index (χ2n) is 5.29. The van der Waals surface area contributed by atoms with Crippen LogP contribution in [0.4, 0.5) is 0 Å². The van der Waals surface area contributed by atoms with Gasteiger partial charge in [-0.3, -0.25) is 9.67 Å². The molecule has 0 amide bonds. The third-order valence-corrected chi connectivity index (χ3v) is 3.71. The molecule has 1 unspecified atom stereocenters. The van der Waals surface area contributed by atoms with E-state index >= 15 is 0 Å². The monoisotopic (exact) mass is 303 g/mol. The number of aromatic nitrogens is 2. The lowest BCUT2D eigenvalue weighted by atomic mass is 10.1. The van der Waals surface area contributed by atoms with Gasteiger partial charge in [0.25, 0.3) is 0 Å². The molecule has 1 fully saturated rings. The van der Waals surface area contributed by atoms with Crippen molar-refractivity contribution in [3.05, 3.63) is 42.1 Å². The van der Waals surface area contributed by atoms with Crippen molar-refractivity contribution in [1.82, 2.24) is 20.0 Å². The topological polar surface area (TPSA) is 67.8 Å². The molecule has 1 N–H and O–H groups in total. The maximum absolute atomic E-state index is 5.86. The second-order valence-corrected chi connectivity index (χ2v) is 5.29. The van der Waals surface area contributed by atoms with E-state index in [4.69, 9.17) is 9.15 Å². The Bertz CT molecular complexity index is 620. The number of nitrogens with one attached hydrogen (secondary N) is 1. The Morgan fingerprint density at radius 2 is 2.45 bits per heavy atom. The summed E-state index contributed by atoms with van der Waals surface area (Å²) in [6.07, 6.45) is 7.28. The molecular formula is C15H21N5O2. The van der Waals surface area contributed by atoms with Gasteiger partial charge in [-0.15, -0.1) is 0 Å². The van der Waals surface area contributed by atoms with Gasteiger partial charge in [-0.05, 0) is 6.07 Å². The van der Waals surface area contributed by atoms with Crippen LogP contribution in [0.15, 0.2) is 40.4 Å². The Morgan fingerprint density at radius 3 is 3.14 bits per heavy atom. The number of aryl methyl sites for hydroxylation is 1. The van der Waals surface area contributed by atoms with Crippen molar-refractivity contribution in [2.24, 2.45) is 12.0 Å². The molecule has 0 spiro atoms. The Balaban J connectivity index is 1.62. The van der Waals surface area contributed by atoms with Crippen LogP contribution in [-0.2, 0) is 18.3 Å². The number of morpholine rings is 1. The van der Waals surface area contributed by atoms with E-state index in [1.807, 2.05) is 25.5 Å². The Morgan fingerprint density at radius 1 is 1.55 bits per heavy atom. The molecule has 0 bridgehead atoms. The molecule has 7 heteroatoms. The molecule has 0 aromatic carbocycles. The van der Waals surface area contributed by atoms with Gasteiger partial charge >= 0.3 is 0 Å². The van der Waals surface area contributed by atoms with Crippen LogP contribution in [0.1, 0.15) is 17.2 Å². The van der Waals surface area contributed by atoms with Crippen LogP contribution < -0.4 is 5.32 Å². The fraction of sp³-hybridized carbons (Fsp3) is 0.467. The van der Waals surface area contributed by atoms with E-state index in [1.165, 1.54) is 0 Å². The molecule has 1 aliphatic heterocycles. The van der Waals surface area contributed by atoms with E-state index in [1.54, 1.807) is 24.3 Å². The van der Waals surface area contributed by atoms with E-state index in [9.17, 15) is 0 Å². The number of ether oxygens (including phenoxy) is 1. The van der Waals surface area contributed by atoms with E-state index in [-0.39, 0.29) is 6.10 Å². The summed E-state index contributed by atoms with van der Waals surface area (Å²) in [6.45, 7) is 2.95. The standard InChI is InChI=1S/C15H21N5O2/c1-16-15(17-7-12-3-5-21-11-12)20-4-6-22-14(10-20)13-8-18-19(2)9-13/h3,5,8-9,11,14H,4,6-7,10H2,1-2H3,(H,16,17). The van der Waals surface area contributed by atoms with E-state index in [0.717, 1.165) is 30.2 Å². The lowest BCUT2D eigenvalue weighted by molar-refractivity contribution is -0.00805. The summed E-state index contributed by atoms with van der Waals surface area (Å²) in [6, 6.07) is 1.94. The van der Waals surface area contributed by atoms with Crippen LogP contribution >= 0.6 is 0 Å². The van der Waals surface area contributed by atoms with Gasteiger partial charge in [0.1, 0.15) is 6.10 Å². The molecule has 1 aliphatic rings. The Hall–Kier alpha value is -2.28. The molecule has 1 atom stereocenters. The second kappa shape index (κ2) is 6.65. The minimum Gasteiger partial charge on any atom is -0.472 e. The normalized spacial score (nSPS) is 19.5. The van der Waals surface area contributed by atoms with Gasteiger partial charge in [-0.25, -0.2) is 0 Å². The van der Waals surface area contributed by atoms with Crippen LogP contribution in [0.3, 0.4) is 0 Å². The van der Waals surface area contributed by atoms with E-state index < -0.39 is 0 Å². The largest absolute Gasteiger partial charge is 0.472 e. The molecular weight excluding hydrogens is 282 g/mol. The number of furan rings is 1. The van der Waals surface area contributed by atoms with Gasteiger partial charge in [0.15, 0.2) is 5.96 Å². The van der Waals surface area contributed by atoms with E-state index in [0.29, 0.717) is 13.2 Å². The smallest absolute Gasteiger partial charge is 0.194 e. The van der Waals surface area contributed by atoms with Crippen molar-refractivity contribution in [2.45, 2.75) is 12.6 Å². The molecule has 1 saturated heterocycles.